The number of aromatic nitrogens is 1. The van der Waals surface area contributed by atoms with E-state index in [9.17, 15) is 9.90 Å². The van der Waals surface area contributed by atoms with E-state index in [0.717, 1.165) is 59.7 Å². The number of aryl methyl sites for hydroxylation is 1. The zero-order valence-corrected chi connectivity index (χ0v) is 16.9. The fourth-order valence-corrected chi connectivity index (χ4v) is 3.85. The molecular weight excluding hydrogens is 364 g/mol. The average molecular weight is 390 g/mol. The molecule has 1 aliphatic rings. The topological polar surface area (TPSA) is 68.7 Å². The number of anilines is 3. The second-order valence-electron chi connectivity index (χ2n) is 7.60. The van der Waals surface area contributed by atoms with Gasteiger partial charge in [0.25, 0.3) is 0 Å². The smallest absolute Gasteiger partial charge is 0.307 e. The molecule has 1 fully saturated rings. The van der Waals surface area contributed by atoms with E-state index in [2.05, 4.69) is 51.4 Å². The van der Waals surface area contributed by atoms with E-state index in [1.54, 1.807) is 0 Å². The summed E-state index contributed by atoms with van der Waals surface area (Å²) in [4.78, 5) is 20.8. The van der Waals surface area contributed by atoms with Crippen LogP contribution in [0.1, 0.15) is 11.3 Å². The maximum absolute atomic E-state index is 11.4. The number of pyridine rings is 1. The van der Waals surface area contributed by atoms with Gasteiger partial charge in [-0.2, -0.15) is 0 Å². The number of rotatable bonds is 5. The molecule has 0 radical (unpaired) electrons. The fraction of sp³-hybridized carbons (Fsp3) is 0.304. The second kappa shape index (κ2) is 8.09. The summed E-state index contributed by atoms with van der Waals surface area (Å²) in [5, 5.41) is 13.8. The van der Waals surface area contributed by atoms with Gasteiger partial charge in [0.15, 0.2) is 0 Å². The molecule has 0 atom stereocenters. The maximum atomic E-state index is 11.4. The molecule has 2 N–H and O–H groups in total. The van der Waals surface area contributed by atoms with Gasteiger partial charge in [0.2, 0.25) is 0 Å². The molecule has 1 aromatic heterocycles. The van der Waals surface area contributed by atoms with Crippen LogP contribution in [0.2, 0.25) is 0 Å². The van der Waals surface area contributed by atoms with Crippen molar-refractivity contribution >= 4 is 33.9 Å². The first-order chi connectivity index (χ1) is 14.0. The van der Waals surface area contributed by atoms with Crippen molar-refractivity contribution in [2.24, 2.45) is 0 Å². The van der Waals surface area contributed by atoms with Gasteiger partial charge in [0, 0.05) is 54.2 Å². The Morgan fingerprint density at radius 2 is 1.76 bits per heavy atom. The van der Waals surface area contributed by atoms with Crippen molar-refractivity contribution in [2.45, 2.75) is 13.3 Å². The van der Waals surface area contributed by atoms with E-state index in [0.29, 0.717) is 0 Å². The standard InChI is InChI=1S/C23H26N4O2/c1-16-20(15-22(28)29)23(19-5-3-4-6-21(19)24-16)25-17-7-9-18(10-8-17)27-13-11-26(2)12-14-27/h3-10H,11-15H2,1-2H3,(H,24,25)(H,28,29). The Morgan fingerprint density at radius 3 is 2.45 bits per heavy atom. The molecule has 4 rings (SSSR count). The Hall–Kier alpha value is -3.12. The fourth-order valence-electron chi connectivity index (χ4n) is 3.85. The number of likely N-dealkylation sites (N-methyl/N-ethyl adjacent to an activating group) is 1. The summed E-state index contributed by atoms with van der Waals surface area (Å²) < 4.78 is 0. The minimum atomic E-state index is -0.862. The van der Waals surface area contributed by atoms with Gasteiger partial charge in [-0.25, -0.2) is 0 Å². The molecule has 2 heterocycles. The zero-order valence-electron chi connectivity index (χ0n) is 16.9. The molecule has 0 amide bonds. The molecule has 3 aromatic rings. The molecular formula is C23H26N4O2. The predicted molar refractivity (Wildman–Crippen MR) is 117 cm³/mol. The molecule has 6 nitrogen and oxygen atoms in total. The lowest BCUT2D eigenvalue weighted by Crippen LogP contribution is -2.44. The lowest BCUT2D eigenvalue weighted by atomic mass is 10.0. The van der Waals surface area contributed by atoms with Crippen molar-refractivity contribution in [3.05, 3.63) is 59.8 Å². The molecule has 1 saturated heterocycles. The van der Waals surface area contributed by atoms with Crippen LogP contribution in [0, 0.1) is 6.92 Å². The highest BCUT2D eigenvalue weighted by Gasteiger charge is 2.17. The number of para-hydroxylation sites is 1. The van der Waals surface area contributed by atoms with Crippen LogP contribution < -0.4 is 10.2 Å². The van der Waals surface area contributed by atoms with E-state index in [-0.39, 0.29) is 6.42 Å². The van der Waals surface area contributed by atoms with Crippen LogP contribution >= 0.6 is 0 Å². The van der Waals surface area contributed by atoms with Crippen LogP contribution in [-0.4, -0.2) is 54.2 Å². The Balaban J connectivity index is 1.65. The summed E-state index contributed by atoms with van der Waals surface area (Å²) in [7, 11) is 2.15. The third-order valence-electron chi connectivity index (χ3n) is 5.53. The van der Waals surface area contributed by atoms with E-state index >= 15 is 0 Å². The predicted octanol–water partition coefficient (Wildman–Crippen LogP) is 3.67. The highest BCUT2D eigenvalue weighted by Crippen LogP contribution is 2.32. The third kappa shape index (κ3) is 4.17. The van der Waals surface area contributed by atoms with E-state index in [1.807, 2.05) is 31.2 Å². The lowest BCUT2D eigenvalue weighted by molar-refractivity contribution is -0.136. The molecule has 0 aliphatic carbocycles. The normalized spacial score (nSPS) is 14.9. The quantitative estimate of drug-likeness (QED) is 0.693. The molecule has 150 valence electrons. The number of benzene rings is 2. The Morgan fingerprint density at radius 1 is 1.07 bits per heavy atom. The van der Waals surface area contributed by atoms with E-state index in [4.69, 9.17) is 0 Å². The number of hydrogen-bond donors (Lipinski definition) is 2. The molecule has 0 saturated carbocycles. The number of carboxylic acids is 1. The number of aliphatic carboxylic acids is 1. The molecule has 0 bridgehead atoms. The van der Waals surface area contributed by atoms with Gasteiger partial charge in [-0.05, 0) is 44.3 Å². The Kier molecular flexibility index (Phi) is 5.36. The first kappa shape index (κ1) is 19.2. The van der Waals surface area contributed by atoms with Gasteiger partial charge in [-0.3, -0.25) is 9.78 Å². The number of hydrogen-bond acceptors (Lipinski definition) is 5. The van der Waals surface area contributed by atoms with Crippen molar-refractivity contribution < 1.29 is 9.90 Å². The highest BCUT2D eigenvalue weighted by atomic mass is 16.4. The zero-order chi connectivity index (χ0) is 20.4. The van der Waals surface area contributed by atoms with Gasteiger partial charge in [0.1, 0.15) is 0 Å². The number of carbonyl (C=O) groups is 1. The largest absolute Gasteiger partial charge is 0.481 e. The van der Waals surface area contributed by atoms with Crippen LogP contribution in [0.25, 0.3) is 10.9 Å². The van der Waals surface area contributed by atoms with Crippen molar-refractivity contribution in [2.75, 3.05) is 43.4 Å². The summed E-state index contributed by atoms with van der Waals surface area (Å²) in [5.74, 6) is -0.862. The molecule has 0 unspecified atom stereocenters. The number of nitrogens with zero attached hydrogens (tertiary/aromatic N) is 3. The first-order valence-corrected chi connectivity index (χ1v) is 9.92. The minimum Gasteiger partial charge on any atom is -0.481 e. The second-order valence-corrected chi connectivity index (χ2v) is 7.60. The molecule has 2 aromatic carbocycles. The summed E-state index contributed by atoms with van der Waals surface area (Å²) in [6.07, 6.45) is -0.0641. The molecule has 1 aliphatic heterocycles. The Bertz CT molecular complexity index is 1020. The third-order valence-corrected chi connectivity index (χ3v) is 5.53. The molecule has 29 heavy (non-hydrogen) atoms. The van der Waals surface area contributed by atoms with Crippen LogP contribution in [0.15, 0.2) is 48.5 Å². The van der Waals surface area contributed by atoms with Crippen LogP contribution in [0.4, 0.5) is 17.1 Å². The van der Waals surface area contributed by atoms with Gasteiger partial charge in [-0.1, -0.05) is 18.2 Å². The first-order valence-electron chi connectivity index (χ1n) is 9.92. The van der Waals surface area contributed by atoms with Crippen molar-refractivity contribution in [3.8, 4) is 0 Å². The number of nitrogens with one attached hydrogen (secondary N) is 1. The van der Waals surface area contributed by atoms with E-state index < -0.39 is 5.97 Å². The molecule has 6 heteroatoms. The van der Waals surface area contributed by atoms with Crippen LogP contribution in [0.3, 0.4) is 0 Å². The lowest BCUT2D eigenvalue weighted by Gasteiger charge is -2.34. The van der Waals surface area contributed by atoms with Crippen molar-refractivity contribution in [3.63, 3.8) is 0 Å². The molecule has 0 spiro atoms. The van der Waals surface area contributed by atoms with Gasteiger partial charge in [0.05, 0.1) is 17.6 Å². The highest BCUT2D eigenvalue weighted by molar-refractivity contribution is 5.96. The van der Waals surface area contributed by atoms with Gasteiger partial charge < -0.3 is 20.2 Å². The summed E-state index contributed by atoms with van der Waals surface area (Å²) in [6.45, 7) is 6.06. The van der Waals surface area contributed by atoms with Gasteiger partial charge >= 0.3 is 5.97 Å². The van der Waals surface area contributed by atoms with Gasteiger partial charge in [-0.15, -0.1) is 0 Å². The van der Waals surface area contributed by atoms with Crippen LogP contribution in [0.5, 0.6) is 0 Å². The van der Waals surface area contributed by atoms with Crippen molar-refractivity contribution in [1.82, 2.24) is 9.88 Å². The average Bonchev–Trinajstić information content (AvgIpc) is 2.71. The van der Waals surface area contributed by atoms with Crippen molar-refractivity contribution in [1.29, 1.82) is 0 Å². The summed E-state index contributed by atoms with van der Waals surface area (Å²) >= 11 is 0. The monoisotopic (exact) mass is 390 g/mol. The van der Waals surface area contributed by atoms with E-state index in [1.165, 1.54) is 5.69 Å². The Labute approximate surface area is 170 Å². The summed E-state index contributed by atoms with van der Waals surface area (Å²) in [6, 6.07) is 16.2. The maximum Gasteiger partial charge on any atom is 0.307 e. The van der Waals surface area contributed by atoms with Crippen LogP contribution in [-0.2, 0) is 11.2 Å². The number of piperazine rings is 1. The number of carboxylic acid groups (broad SMARTS) is 1. The minimum absolute atomic E-state index is 0.0641. The summed E-state index contributed by atoms with van der Waals surface area (Å²) in [5.41, 5.74) is 5.29. The SMILES string of the molecule is Cc1nc2ccccc2c(Nc2ccc(N3CCN(C)CC3)cc2)c1CC(=O)O. The number of fused-ring (bicyclic) bond motifs is 1.